The summed E-state index contributed by atoms with van der Waals surface area (Å²) in [6, 6.07) is 7.57. The Labute approximate surface area is 125 Å². The topological polar surface area (TPSA) is 48.0 Å². The van der Waals surface area contributed by atoms with Crippen LogP contribution >= 0.6 is 0 Å². The molecule has 21 heavy (non-hydrogen) atoms. The molecule has 0 fully saturated rings. The molecule has 0 radical (unpaired) electrons. The molecule has 0 saturated heterocycles. The predicted molar refractivity (Wildman–Crippen MR) is 79.7 cm³/mol. The first-order chi connectivity index (χ1) is 10.1. The molecule has 1 unspecified atom stereocenters. The van der Waals surface area contributed by atoms with Gasteiger partial charge in [-0.3, -0.25) is 4.79 Å². The number of ether oxygens (including phenoxy) is 3. The number of fused-ring (bicyclic) bond motifs is 1. The second-order valence-corrected chi connectivity index (χ2v) is 5.29. The standard InChI is InChI=1S/C16H23NO4/c1-4-17(16(18)11-19-12(2)3)9-13-10-20-14-7-5-6-8-15(14)21-13/h5-8,12-13H,4,9-11H2,1-3H3. The predicted octanol–water partition coefficient (Wildman–Crippen LogP) is 2.10. The first-order valence-corrected chi connectivity index (χ1v) is 7.38. The van der Waals surface area contributed by atoms with E-state index in [0.29, 0.717) is 19.7 Å². The maximum Gasteiger partial charge on any atom is 0.248 e. The molecule has 0 aromatic heterocycles. The maximum absolute atomic E-state index is 12.1. The number of nitrogens with zero attached hydrogens (tertiary/aromatic N) is 1. The lowest BCUT2D eigenvalue weighted by molar-refractivity contribution is -0.138. The fourth-order valence-electron chi connectivity index (χ4n) is 2.14. The minimum atomic E-state index is -0.150. The van der Waals surface area contributed by atoms with Crippen LogP contribution in [0.1, 0.15) is 20.8 Å². The smallest absolute Gasteiger partial charge is 0.248 e. The Bertz CT molecular complexity index is 475. The van der Waals surface area contributed by atoms with Crippen molar-refractivity contribution < 1.29 is 19.0 Å². The number of carbonyl (C=O) groups excluding carboxylic acids is 1. The summed E-state index contributed by atoms with van der Waals surface area (Å²) < 4.78 is 16.9. The van der Waals surface area contributed by atoms with Crippen LogP contribution in [0.25, 0.3) is 0 Å². The second-order valence-electron chi connectivity index (χ2n) is 5.29. The van der Waals surface area contributed by atoms with E-state index >= 15 is 0 Å². The Kier molecular flexibility index (Phi) is 5.44. The molecule has 0 spiro atoms. The molecule has 1 atom stereocenters. The zero-order chi connectivity index (χ0) is 15.2. The molecule has 1 aromatic rings. The highest BCUT2D eigenvalue weighted by Gasteiger charge is 2.24. The molecule has 0 bridgehead atoms. The monoisotopic (exact) mass is 293 g/mol. The minimum Gasteiger partial charge on any atom is -0.486 e. The largest absolute Gasteiger partial charge is 0.486 e. The van der Waals surface area contributed by atoms with Gasteiger partial charge in [-0.05, 0) is 32.9 Å². The zero-order valence-electron chi connectivity index (χ0n) is 12.9. The number of hydrogen-bond acceptors (Lipinski definition) is 4. The quantitative estimate of drug-likeness (QED) is 0.806. The van der Waals surface area contributed by atoms with E-state index in [0.717, 1.165) is 11.5 Å². The molecule has 1 heterocycles. The summed E-state index contributed by atoms with van der Waals surface area (Å²) in [5.41, 5.74) is 0. The van der Waals surface area contributed by atoms with Crippen molar-refractivity contribution in [3.8, 4) is 11.5 Å². The maximum atomic E-state index is 12.1. The number of hydrogen-bond donors (Lipinski definition) is 0. The number of rotatable bonds is 6. The van der Waals surface area contributed by atoms with Crippen LogP contribution in [0, 0.1) is 0 Å². The average Bonchev–Trinajstić information content (AvgIpc) is 2.50. The third kappa shape index (κ3) is 4.36. The van der Waals surface area contributed by atoms with Gasteiger partial charge in [-0.2, -0.15) is 0 Å². The van der Waals surface area contributed by atoms with E-state index in [1.54, 1.807) is 4.90 Å². The third-order valence-corrected chi connectivity index (χ3v) is 3.27. The van der Waals surface area contributed by atoms with Gasteiger partial charge < -0.3 is 19.1 Å². The van der Waals surface area contributed by atoms with Crippen molar-refractivity contribution in [2.24, 2.45) is 0 Å². The van der Waals surface area contributed by atoms with E-state index in [4.69, 9.17) is 14.2 Å². The van der Waals surface area contributed by atoms with E-state index in [9.17, 15) is 4.79 Å². The van der Waals surface area contributed by atoms with Crippen LogP contribution in [-0.2, 0) is 9.53 Å². The Hall–Kier alpha value is -1.75. The van der Waals surface area contributed by atoms with Crippen LogP contribution in [0.2, 0.25) is 0 Å². The highest BCUT2D eigenvalue weighted by Crippen LogP contribution is 2.30. The van der Waals surface area contributed by atoms with Crippen molar-refractivity contribution in [2.45, 2.75) is 33.0 Å². The molecular formula is C16H23NO4. The van der Waals surface area contributed by atoms with Gasteiger partial charge in [0.15, 0.2) is 17.6 Å². The van der Waals surface area contributed by atoms with Crippen LogP contribution in [0.15, 0.2) is 24.3 Å². The molecular weight excluding hydrogens is 270 g/mol. The lowest BCUT2D eigenvalue weighted by Gasteiger charge is -2.31. The van der Waals surface area contributed by atoms with E-state index < -0.39 is 0 Å². The molecule has 5 heteroatoms. The lowest BCUT2D eigenvalue weighted by Crippen LogP contribution is -2.45. The average molecular weight is 293 g/mol. The van der Waals surface area contributed by atoms with Crippen molar-refractivity contribution in [1.82, 2.24) is 4.90 Å². The van der Waals surface area contributed by atoms with Gasteiger partial charge in [0.1, 0.15) is 13.2 Å². The fourth-order valence-corrected chi connectivity index (χ4v) is 2.14. The molecule has 5 nitrogen and oxygen atoms in total. The molecule has 2 rings (SSSR count). The number of benzene rings is 1. The summed E-state index contributed by atoms with van der Waals surface area (Å²) in [6.45, 7) is 7.47. The first kappa shape index (κ1) is 15.6. The van der Waals surface area contributed by atoms with E-state index in [1.165, 1.54) is 0 Å². The molecule has 116 valence electrons. The first-order valence-electron chi connectivity index (χ1n) is 7.38. The van der Waals surface area contributed by atoms with Crippen LogP contribution in [-0.4, -0.2) is 49.3 Å². The molecule has 1 aliphatic heterocycles. The SMILES string of the molecule is CCN(CC1COc2ccccc2O1)C(=O)COC(C)C. The Morgan fingerprint density at radius 1 is 1.38 bits per heavy atom. The number of amides is 1. The number of likely N-dealkylation sites (N-methyl/N-ethyl adjacent to an activating group) is 1. The van der Waals surface area contributed by atoms with Crippen LogP contribution < -0.4 is 9.47 Å². The highest BCUT2D eigenvalue weighted by atomic mass is 16.6. The molecule has 0 N–H and O–H groups in total. The summed E-state index contributed by atoms with van der Waals surface area (Å²) in [6.07, 6.45) is -0.100. The van der Waals surface area contributed by atoms with E-state index in [2.05, 4.69) is 0 Å². The van der Waals surface area contributed by atoms with Gasteiger partial charge in [0.25, 0.3) is 0 Å². The van der Waals surface area contributed by atoms with Gasteiger partial charge in [0.2, 0.25) is 5.91 Å². The van der Waals surface area contributed by atoms with E-state index in [1.807, 2.05) is 45.0 Å². The molecule has 1 aromatic carbocycles. The Morgan fingerprint density at radius 3 is 2.76 bits per heavy atom. The third-order valence-electron chi connectivity index (χ3n) is 3.27. The van der Waals surface area contributed by atoms with Crippen molar-refractivity contribution in [1.29, 1.82) is 0 Å². The van der Waals surface area contributed by atoms with Crippen LogP contribution in [0.4, 0.5) is 0 Å². The molecule has 1 amide bonds. The van der Waals surface area contributed by atoms with Crippen molar-refractivity contribution in [3.05, 3.63) is 24.3 Å². The van der Waals surface area contributed by atoms with Crippen LogP contribution in [0.5, 0.6) is 11.5 Å². The summed E-state index contributed by atoms with van der Waals surface area (Å²) in [7, 11) is 0. The van der Waals surface area contributed by atoms with Crippen LogP contribution in [0.3, 0.4) is 0 Å². The van der Waals surface area contributed by atoms with Crippen molar-refractivity contribution >= 4 is 5.91 Å². The van der Waals surface area contributed by atoms with Gasteiger partial charge in [0, 0.05) is 6.54 Å². The van der Waals surface area contributed by atoms with Gasteiger partial charge in [0.05, 0.1) is 12.6 Å². The Morgan fingerprint density at radius 2 is 2.10 bits per heavy atom. The van der Waals surface area contributed by atoms with Gasteiger partial charge in [-0.15, -0.1) is 0 Å². The fraction of sp³-hybridized carbons (Fsp3) is 0.562. The normalized spacial score (nSPS) is 16.9. The second kappa shape index (κ2) is 7.31. The molecule has 0 aliphatic carbocycles. The molecule has 0 saturated carbocycles. The molecule has 1 aliphatic rings. The number of carbonyl (C=O) groups is 1. The van der Waals surface area contributed by atoms with Gasteiger partial charge in [-0.25, -0.2) is 0 Å². The summed E-state index contributed by atoms with van der Waals surface area (Å²) in [4.78, 5) is 13.8. The van der Waals surface area contributed by atoms with Gasteiger partial charge >= 0.3 is 0 Å². The van der Waals surface area contributed by atoms with Crippen molar-refractivity contribution in [2.75, 3.05) is 26.3 Å². The zero-order valence-corrected chi connectivity index (χ0v) is 12.9. The lowest BCUT2D eigenvalue weighted by atomic mass is 10.2. The minimum absolute atomic E-state index is 0.0198. The van der Waals surface area contributed by atoms with Crippen molar-refractivity contribution in [3.63, 3.8) is 0 Å². The highest BCUT2D eigenvalue weighted by molar-refractivity contribution is 5.77. The summed E-state index contributed by atoms with van der Waals surface area (Å²) in [5, 5.41) is 0. The van der Waals surface area contributed by atoms with Gasteiger partial charge in [-0.1, -0.05) is 12.1 Å². The summed E-state index contributed by atoms with van der Waals surface area (Å²) in [5.74, 6) is 1.47. The number of para-hydroxylation sites is 2. The van der Waals surface area contributed by atoms with E-state index in [-0.39, 0.29) is 24.7 Å². The summed E-state index contributed by atoms with van der Waals surface area (Å²) >= 11 is 0. The Balaban J connectivity index is 1.89.